The van der Waals surface area contributed by atoms with Gasteiger partial charge in [-0.2, -0.15) is 0 Å². The van der Waals surface area contributed by atoms with E-state index in [0.717, 1.165) is 13.1 Å². The summed E-state index contributed by atoms with van der Waals surface area (Å²) in [7, 11) is 0. The van der Waals surface area contributed by atoms with Gasteiger partial charge in [0.05, 0.1) is 12.2 Å². The number of carbonyl (C=O) groups excluding carboxylic acids is 1. The van der Waals surface area contributed by atoms with Gasteiger partial charge in [-0.25, -0.2) is 14.3 Å². The van der Waals surface area contributed by atoms with Crippen LogP contribution in [-0.4, -0.2) is 68.1 Å². The zero-order valence-corrected chi connectivity index (χ0v) is 12.0. The van der Waals surface area contributed by atoms with Gasteiger partial charge >= 0.3 is 12.0 Å². The molecule has 8 heteroatoms. The number of nitrogens with zero attached hydrogens (tertiary/aromatic N) is 5. The Morgan fingerprint density at radius 2 is 2.14 bits per heavy atom. The Bertz CT molecular complexity index is 548. The SMILES string of the molecule is CCN(CC1CC1)C(=O)N1CC(n2cc(C(=O)O)nn2)C1. The van der Waals surface area contributed by atoms with Crippen LogP contribution in [0.15, 0.2) is 6.20 Å². The summed E-state index contributed by atoms with van der Waals surface area (Å²) in [6.07, 6.45) is 3.86. The molecule has 0 aromatic carbocycles. The van der Waals surface area contributed by atoms with Crippen LogP contribution in [0.2, 0.25) is 0 Å². The van der Waals surface area contributed by atoms with Gasteiger partial charge < -0.3 is 14.9 Å². The number of amides is 2. The fourth-order valence-corrected chi connectivity index (χ4v) is 2.49. The molecule has 0 bridgehead atoms. The van der Waals surface area contributed by atoms with E-state index in [4.69, 9.17) is 5.11 Å². The number of likely N-dealkylation sites (tertiary alicyclic amines) is 1. The highest BCUT2D eigenvalue weighted by Gasteiger charge is 2.36. The van der Waals surface area contributed by atoms with Crippen molar-refractivity contribution in [1.82, 2.24) is 24.8 Å². The molecule has 1 saturated carbocycles. The molecule has 1 saturated heterocycles. The second kappa shape index (κ2) is 5.34. The van der Waals surface area contributed by atoms with Crippen LogP contribution in [0.3, 0.4) is 0 Å². The second-order valence-corrected chi connectivity index (χ2v) is 5.71. The molecule has 3 rings (SSSR count). The van der Waals surface area contributed by atoms with Crippen molar-refractivity contribution in [3.63, 3.8) is 0 Å². The normalized spacial score (nSPS) is 18.4. The van der Waals surface area contributed by atoms with Gasteiger partial charge in [0.1, 0.15) is 0 Å². The number of hydrogen-bond acceptors (Lipinski definition) is 4. The summed E-state index contributed by atoms with van der Waals surface area (Å²) >= 11 is 0. The monoisotopic (exact) mass is 293 g/mol. The zero-order chi connectivity index (χ0) is 15.0. The van der Waals surface area contributed by atoms with Gasteiger partial charge in [0, 0.05) is 26.2 Å². The van der Waals surface area contributed by atoms with Crippen LogP contribution in [0.1, 0.15) is 36.3 Å². The molecule has 0 unspecified atom stereocenters. The molecular formula is C13H19N5O3. The first-order valence-electron chi connectivity index (χ1n) is 7.27. The topological polar surface area (TPSA) is 91.6 Å². The molecule has 1 aromatic rings. The largest absolute Gasteiger partial charge is 0.476 e. The van der Waals surface area contributed by atoms with E-state index in [9.17, 15) is 9.59 Å². The van der Waals surface area contributed by atoms with Crippen molar-refractivity contribution in [2.75, 3.05) is 26.2 Å². The van der Waals surface area contributed by atoms with Gasteiger partial charge in [-0.15, -0.1) is 5.10 Å². The van der Waals surface area contributed by atoms with Crippen LogP contribution in [0.25, 0.3) is 0 Å². The number of carboxylic acid groups (broad SMARTS) is 1. The number of carbonyl (C=O) groups is 2. The summed E-state index contributed by atoms with van der Waals surface area (Å²) in [6.45, 7) is 4.69. The van der Waals surface area contributed by atoms with Crippen LogP contribution in [0.4, 0.5) is 4.79 Å². The average molecular weight is 293 g/mol. The first-order chi connectivity index (χ1) is 10.1. The van der Waals surface area contributed by atoms with Gasteiger partial charge in [-0.05, 0) is 25.7 Å². The molecule has 1 aliphatic carbocycles. The summed E-state index contributed by atoms with van der Waals surface area (Å²) in [6, 6.07) is 0.0911. The number of carboxylic acids is 1. The van der Waals surface area contributed by atoms with Gasteiger partial charge in [-0.3, -0.25) is 0 Å². The molecule has 0 spiro atoms. The van der Waals surface area contributed by atoms with E-state index in [1.165, 1.54) is 23.7 Å². The molecule has 2 fully saturated rings. The molecule has 21 heavy (non-hydrogen) atoms. The summed E-state index contributed by atoms with van der Waals surface area (Å²) in [5.74, 6) is -0.408. The standard InChI is InChI=1S/C13H19N5O3/c1-2-16(5-9-3-4-9)13(21)17-6-10(7-17)18-8-11(12(19)20)14-15-18/h8-10H,2-7H2,1H3,(H,19,20). The highest BCUT2D eigenvalue weighted by Crippen LogP contribution is 2.30. The Balaban J connectivity index is 1.53. The Morgan fingerprint density at radius 3 is 2.67 bits per heavy atom. The smallest absolute Gasteiger partial charge is 0.358 e. The maximum Gasteiger partial charge on any atom is 0.358 e. The first kappa shape index (κ1) is 13.8. The van der Waals surface area contributed by atoms with E-state index >= 15 is 0 Å². The van der Waals surface area contributed by atoms with Crippen molar-refractivity contribution in [2.45, 2.75) is 25.8 Å². The summed E-state index contributed by atoms with van der Waals surface area (Å²) in [4.78, 5) is 26.8. The minimum Gasteiger partial charge on any atom is -0.476 e. The molecule has 0 atom stereocenters. The predicted octanol–water partition coefficient (Wildman–Crippen LogP) is 0.685. The third-order valence-electron chi connectivity index (χ3n) is 4.06. The van der Waals surface area contributed by atoms with Crippen molar-refractivity contribution < 1.29 is 14.7 Å². The van der Waals surface area contributed by atoms with Gasteiger partial charge in [-0.1, -0.05) is 5.21 Å². The van der Waals surface area contributed by atoms with Crippen LogP contribution < -0.4 is 0 Å². The quantitative estimate of drug-likeness (QED) is 0.862. The molecule has 1 aromatic heterocycles. The van der Waals surface area contributed by atoms with Crippen molar-refractivity contribution in [3.8, 4) is 0 Å². The van der Waals surface area contributed by atoms with Gasteiger partial charge in [0.25, 0.3) is 0 Å². The predicted molar refractivity (Wildman–Crippen MR) is 73.0 cm³/mol. The minimum atomic E-state index is -1.09. The van der Waals surface area contributed by atoms with Gasteiger partial charge in [0.2, 0.25) is 0 Å². The van der Waals surface area contributed by atoms with E-state index in [2.05, 4.69) is 10.3 Å². The molecule has 2 aliphatic rings. The lowest BCUT2D eigenvalue weighted by atomic mass is 10.1. The maximum atomic E-state index is 12.3. The average Bonchev–Trinajstić information content (AvgIpc) is 3.09. The van der Waals surface area contributed by atoms with Crippen LogP contribution in [-0.2, 0) is 0 Å². The molecule has 2 heterocycles. The first-order valence-corrected chi connectivity index (χ1v) is 7.27. The van der Waals surface area contributed by atoms with Crippen LogP contribution in [0.5, 0.6) is 0 Å². The van der Waals surface area contributed by atoms with E-state index in [1.807, 2.05) is 11.8 Å². The fraction of sp³-hybridized carbons (Fsp3) is 0.692. The van der Waals surface area contributed by atoms with Crippen molar-refractivity contribution >= 4 is 12.0 Å². The Labute approximate surface area is 122 Å². The van der Waals surface area contributed by atoms with E-state index in [0.29, 0.717) is 19.0 Å². The number of rotatable bonds is 5. The van der Waals surface area contributed by atoms with Crippen LogP contribution >= 0.6 is 0 Å². The summed E-state index contributed by atoms with van der Waals surface area (Å²) < 4.78 is 1.53. The molecule has 1 aliphatic heterocycles. The number of aromatic carboxylic acids is 1. The Kier molecular flexibility index (Phi) is 3.52. The molecule has 8 nitrogen and oxygen atoms in total. The maximum absolute atomic E-state index is 12.3. The highest BCUT2D eigenvalue weighted by atomic mass is 16.4. The third kappa shape index (κ3) is 2.84. The molecule has 2 amide bonds. The number of urea groups is 1. The van der Waals surface area contributed by atoms with E-state index in [-0.39, 0.29) is 17.8 Å². The second-order valence-electron chi connectivity index (χ2n) is 5.71. The Morgan fingerprint density at radius 1 is 1.43 bits per heavy atom. The zero-order valence-electron chi connectivity index (χ0n) is 12.0. The summed E-state index contributed by atoms with van der Waals surface area (Å²) in [5, 5.41) is 16.2. The van der Waals surface area contributed by atoms with E-state index in [1.54, 1.807) is 4.90 Å². The fourth-order valence-electron chi connectivity index (χ4n) is 2.49. The van der Waals surface area contributed by atoms with Crippen molar-refractivity contribution in [1.29, 1.82) is 0 Å². The summed E-state index contributed by atoms with van der Waals surface area (Å²) in [5.41, 5.74) is -0.0660. The lowest BCUT2D eigenvalue weighted by Gasteiger charge is -2.41. The van der Waals surface area contributed by atoms with Gasteiger partial charge in [0.15, 0.2) is 5.69 Å². The van der Waals surface area contributed by atoms with Crippen molar-refractivity contribution in [3.05, 3.63) is 11.9 Å². The highest BCUT2D eigenvalue weighted by molar-refractivity contribution is 5.84. The molecule has 0 radical (unpaired) electrons. The lowest BCUT2D eigenvalue weighted by molar-refractivity contribution is 0.0689. The minimum absolute atomic E-state index is 0.0224. The Hall–Kier alpha value is -2.12. The molecule has 1 N–H and O–H groups in total. The van der Waals surface area contributed by atoms with Crippen LogP contribution in [0, 0.1) is 5.92 Å². The van der Waals surface area contributed by atoms with Crippen molar-refractivity contribution in [2.24, 2.45) is 5.92 Å². The van der Waals surface area contributed by atoms with E-state index < -0.39 is 5.97 Å². The molecular weight excluding hydrogens is 274 g/mol. The lowest BCUT2D eigenvalue weighted by Crippen LogP contribution is -2.55. The third-order valence-corrected chi connectivity index (χ3v) is 4.06. The molecule has 114 valence electrons. The number of hydrogen-bond donors (Lipinski definition) is 1. The number of aromatic nitrogens is 3.